The highest BCUT2D eigenvalue weighted by Crippen LogP contribution is 2.22. The lowest BCUT2D eigenvalue weighted by atomic mass is 10.0. The molecule has 1 aromatic carbocycles. The van der Waals surface area contributed by atoms with Crippen LogP contribution in [0.1, 0.15) is 35.2 Å². The molecule has 0 aliphatic carbocycles. The molecule has 1 aliphatic rings. The van der Waals surface area contributed by atoms with Gasteiger partial charge in [0.2, 0.25) is 0 Å². The zero-order valence-electron chi connectivity index (χ0n) is 11.7. The topological polar surface area (TPSA) is 50.4 Å². The van der Waals surface area contributed by atoms with E-state index in [4.69, 9.17) is 4.74 Å². The lowest BCUT2D eigenvalue weighted by Crippen LogP contribution is -2.22. The van der Waals surface area contributed by atoms with Crippen molar-refractivity contribution in [1.29, 1.82) is 0 Å². The zero-order valence-corrected chi connectivity index (χ0v) is 11.7. The normalized spacial score (nSPS) is 19.6. The molecule has 1 fully saturated rings. The van der Waals surface area contributed by atoms with E-state index < -0.39 is 0 Å². The number of carbonyl (C=O) groups is 1. The Morgan fingerprint density at radius 3 is 3.00 bits per heavy atom. The maximum atomic E-state index is 11.7. The number of anilines is 1. The van der Waals surface area contributed by atoms with Gasteiger partial charge in [-0.1, -0.05) is 6.07 Å². The van der Waals surface area contributed by atoms with Crippen LogP contribution in [0.15, 0.2) is 18.2 Å². The summed E-state index contributed by atoms with van der Waals surface area (Å²) in [6.07, 6.45) is 3.46. The summed E-state index contributed by atoms with van der Waals surface area (Å²) in [6.45, 7) is 4.11. The summed E-state index contributed by atoms with van der Waals surface area (Å²) in [4.78, 5) is 11.7. The largest absolute Gasteiger partial charge is 0.465 e. The van der Waals surface area contributed by atoms with Gasteiger partial charge in [0.05, 0.1) is 12.7 Å². The van der Waals surface area contributed by atoms with E-state index >= 15 is 0 Å². The van der Waals surface area contributed by atoms with Gasteiger partial charge in [-0.3, -0.25) is 0 Å². The molecule has 2 N–H and O–H groups in total. The lowest BCUT2D eigenvalue weighted by Gasteiger charge is -2.20. The number of nitrogens with one attached hydrogen (secondary N) is 2. The number of hydrogen-bond donors (Lipinski definition) is 2. The first-order valence-electron chi connectivity index (χ1n) is 6.87. The molecule has 1 unspecified atom stereocenters. The van der Waals surface area contributed by atoms with Crippen molar-refractivity contribution in [3.8, 4) is 0 Å². The van der Waals surface area contributed by atoms with E-state index in [9.17, 15) is 4.79 Å². The summed E-state index contributed by atoms with van der Waals surface area (Å²) in [5.74, 6) is -0.274. The molecule has 0 amide bonds. The predicted octanol–water partition coefficient (Wildman–Crippen LogP) is 2.34. The van der Waals surface area contributed by atoms with Crippen LogP contribution in [-0.4, -0.2) is 32.2 Å². The van der Waals surface area contributed by atoms with Gasteiger partial charge in [0.25, 0.3) is 0 Å². The standard InChI is InChI=1S/C15H22N2O2/c1-11-13(15(18)19-2)6-3-7-14(11)17-12-5-4-9-16-10-8-12/h3,6-7,12,16-17H,4-5,8-10H2,1-2H3. The fourth-order valence-corrected chi connectivity index (χ4v) is 2.51. The summed E-state index contributed by atoms with van der Waals surface area (Å²) in [5, 5.41) is 6.96. The van der Waals surface area contributed by atoms with Gasteiger partial charge in [0, 0.05) is 11.7 Å². The maximum absolute atomic E-state index is 11.7. The van der Waals surface area contributed by atoms with E-state index in [1.165, 1.54) is 13.5 Å². The minimum atomic E-state index is -0.274. The van der Waals surface area contributed by atoms with Gasteiger partial charge < -0.3 is 15.4 Å². The SMILES string of the molecule is COC(=O)c1cccc(NC2CCCNCC2)c1C. The van der Waals surface area contributed by atoms with Gasteiger partial charge in [-0.15, -0.1) is 0 Å². The van der Waals surface area contributed by atoms with Crippen molar-refractivity contribution in [2.75, 3.05) is 25.5 Å². The quantitative estimate of drug-likeness (QED) is 0.821. The van der Waals surface area contributed by atoms with Gasteiger partial charge in [-0.25, -0.2) is 4.79 Å². The Morgan fingerprint density at radius 2 is 2.21 bits per heavy atom. The maximum Gasteiger partial charge on any atom is 0.338 e. The third-order valence-corrected chi connectivity index (χ3v) is 3.67. The molecular weight excluding hydrogens is 240 g/mol. The van der Waals surface area contributed by atoms with Crippen LogP contribution in [0.5, 0.6) is 0 Å². The second-order valence-corrected chi connectivity index (χ2v) is 4.99. The van der Waals surface area contributed by atoms with Crippen molar-refractivity contribution in [2.45, 2.75) is 32.2 Å². The van der Waals surface area contributed by atoms with Gasteiger partial charge >= 0.3 is 5.97 Å². The molecular formula is C15H22N2O2. The smallest absolute Gasteiger partial charge is 0.338 e. The van der Waals surface area contributed by atoms with Crippen LogP contribution >= 0.6 is 0 Å². The third-order valence-electron chi connectivity index (χ3n) is 3.67. The first kappa shape index (κ1) is 13.9. The number of ether oxygens (including phenoxy) is 1. The number of carbonyl (C=O) groups excluding carboxylic acids is 1. The Morgan fingerprint density at radius 1 is 1.37 bits per heavy atom. The van der Waals surface area contributed by atoms with Crippen LogP contribution in [0.3, 0.4) is 0 Å². The summed E-state index contributed by atoms with van der Waals surface area (Å²) in [5.41, 5.74) is 2.64. The molecule has 0 spiro atoms. The van der Waals surface area contributed by atoms with Crippen LogP contribution in [0.4, 0.5) is 5.69 Å². The highest BCUT2D eigenvalue weighted by atomic mass is 16.5. The molecule has 0 aromatic heterocycles. The van der Waals surface area contributed by atoms with E-state index in [1.54, 1.807) is 6.07 Å². The Balaban J connectivity index is 2.13. The van der Waals surface area contributed by atoms with Crippen molar-refractivity contribution in [3.05, 3.63) is 29.3 Å². The minimum absolute atomic E-state index is 0.274. The molecule has 4 heteroatoms. The third kappa shape index (κ3) is 3.47. The van der Waals surface area contributed by atoms with Gasteiger partial charge in [0.1, 0.15) is 0 Å². The van der Waals surface area contributed by atoms with E-state index in [1.807, 2.05) is 19.1 Å². The molecule has 1 atom stereocenters. The molecule has 1 heterocycles. The molecule has 1 aliphatic heterocycles. The van der Waals surface area contributed by atoms with Crippen LogP contribution in [0.2, 0.25) is 0 Å². The molecule has 4 nitrogen and oxygen atoms in total. The van der Waals surface area contributed by atoms with E-state index in [2.05, 4.69) is 10.6 Å². The monoisotopic (exact) mass is 262 g/mol. The molecule has 0 saturated carbocycles. The van der Waals surface area contributed by atoms with Crippen molar-refractivity contribution >= 4 is 11.7 Å². The Bertz CT molecular complexity index is 438. The van der Waals surface area contributed by atoms with E-state index in [0.29, 0.717) is 11.6 Å². The summed E-state index contributed by atoms with van der Waals surface area (Å²) in [6, 6.07) is 6.21. The highest BCUT2D eigenvalue weighted by Gasteiger charge is 2.15. The molecule has 2 rings (SSSR count). The first-order chi connectivity index (χ1) is 9.22. The van der Waals surface area contributed by atoms with Crippen LogP contribution in [0.25, 0.3) is 0 Å². The number of hydrogen-bond acceptors (Lipinski definition) is 4. The van der Waals surface area contributed by atoms with Crippen molar-refractivity contribution < 1.29 is 9.53 Å². The first-order valence-corrected chi connectivity index (χ1v) is 6.87. The minimum Gasteiger partial charge on any atom is -0.465 e. The van der Waals surface area contributed by atoms with E-state index in [0.717, 1.165) is 37.2 Å². The Kier molecular flexibility index (Phi) is 4.80. The average molecular weight is 262 g/mol. The number of methoxy groups -OCH3 is 1. The Hall–Kier alpha value is -1.55. The van der Waals surface area contributed by atoms with E-state index in [-0.39, 0.29) is 5.97 Å². The van der Waals surface area contributed by atoms with Crippen LogP contribution in [0, 0.1) is 6.92 Å². The van der Waals surface area contributed by atoms with Gasteiger partial charge in [-0.05, 0) is 57.0 Å². The molecule has 0 bridgehead atoms. The molecule has 19 heavy (non-hydrogen) atoms. The molecule has 0 radical (unpaired) electrons. The molecule has 1 saturated heterocycles. The van der Waals surface area contributed by atoms with Crippen molar-refractivity contribution in [1.82, 2.24) is 5.32 Å². The fraction of sp³-hybridized carbons (Fsp3) is 0.533. The summed E-state index contributed by atoms with van der Waals surface area (Å²) >= 11 is 0. The van der Waals surface area contributed by atoms with Crippen LogP contribution in [-0.2, 0) is 4.74 Å². The highest BCUT2D eigenvalue weighted by molar-refractivity contribution is 5.92. The van der Waals surface area contributed by atoms with Crippen molar-refractivity contribution in [2.24, 2.45) is 0 Å². The number of benzene rings is 1. The van der Waals surface area contributed by atoms with Crippen LogP contribution < -0.4 is 10.6 Å². The Labute approximate surface area is 114 Å². The summed E-state index contributed by atoms with van der Waals surface area (Å²) in [7, 11) is 1.42. The second-order valence-electron chi connectivity index (χ2n) is 4.99. The predicted molar refractivity (Wildman–Crippen MR) is 76.6 cm³/mol. The second kappa shape index (κ2) is 6.57. The number of rotatable bonds is 3. The van der Waals surface area contributed by atoms with Gasteiger partial charge in [0.15, 0.2) is 0 Å². The molecule has 104 valence electrons. The fourth-order valence-electron chi connectivity index (χ4n) is 2.51. The lowest BCUT2D eigenvalue weighted by molar-refractivity contribution is 0.0600. The number of esters is 1. The zero-order chi connectivity index (χ0) is 13.7. The average Bonchev–Trinajstić information content (AvgIpc) is 2.69. The molecule has 1 aromatic rings. The van der Waals surface area contributed by atoms with Crippen molar-refractivity contribution in [3.63, 3.8) is 0 Å². The van der Waals surface area contributed by atoms with Gasteiger partial charge in [-0.2, -0.15) is 0 Å². The summed E-state index contributed by atoms with van der Waals surface area (Å²) < 4.78 is 4.81.